The van der Waals surface area contributed by atoms with Crippen LogP contribution in [-0.2, 0) is 6.42 Å². The van der Waals surface area contributed by atoms with E-state index >= 15 is 0 Å². The molecule has 11 heavy (non-hydrogen) atoms. The van der Waals surface area contributed by atoms with Crippen LogP contribution in [0.25, 0.3) is 6.08 Å². The molecule has 0 spiro atoms. The molecule has 4 nitrogen and oxygen atoms in total. The molecule has 58 valence electrons. The highest BCUT2D eigenvalue weighted by Gasteiger charge is 2.22. The van der Waals surface area contributed by atoms with Crippen LogP contribution in [0.3, 0.4) is 0 Å². The summed E-state index contributed by atoms with van der Waals surface area (Å²) >= 11 is 0. The van der Waals surface area contributed by atoms with E-state index in [1.54, 1.807) is 12.3 Å². The van der Waals surface area contributed by atoms with E-state index in [-0.39, 0.29) is 0 Å². The minimum Gasteiger partial charge on any atom is -0.310 e. The quantitative estimate of drug-likeness (QED) is 0.440. The van der Waals surface area contributed by atoms with E-state index in [0.717, 1.165) is 11.3 Å². The van der Waals surface area contributed by atoms with E-state index in [1.165, 1.54) is 0 Å². The van der Waals surface area contributed by atoms with Gasteiger partial charge in [-0.1, -0.05) is 0 Å². The Kier molecular flexibility index (Phi) is 1.15. The molecule has 0 bridgehead atoms. The van der Waals surface area contributed by atoms with E-state index in [0.29, 0.717) is 6.42 Å². The fraction of sp³-hybridized carbons (Fsp3) is 0.286. The lowest BCUT2D eigenvalue weighted by atomic mass is 9.96. The summed E-state index contributed by atoms with van der Waals surface area (Å²) in [4.78, 5) is 0. The normalized spacial score (nSPS) is 19.8. The van der Waals surface area contributed by atoms with Crippen LogP contribution in [0.4, 0.5) is 0 Å². The van der Waals surface area contributed by atoms with Crippen molar-refractivity contribution in [1.82, 2.24) is 10.2 Å². The molecule has 1 aliphatic rings. The average molecular weight is 150 g/mol. The number of nitrogens with two attached hydrogens (primary N) is 2. The van der Waals surface area contributed by atoms with Crippen LogP contribution >= 0.6 is 0 Å². The van der Waals surface area contributed by atoms with Crippen LogP contribution in [0, 0.1) is 0 Å². The second kappa shape index (κ2) is 1.93. The predicted molar refractivity (Wildman–Crippen MR) is 42.4 cm³/mol. The molecule has 1 aromatic rings. The fourth-order valence-electron chi connectivity index (χ4n) is 1.23. The van der Waals surface area contributed by atoms with E-state index in [9.17, 15) is 0 Å². The van der Waals surface area contributed by atoms with Crippen LogP contribution in [-0.4, -0.2) is 15.9 Å². The van der Waals surface area contributed by atoms with Crippen molar-refractivity contribution in [3.8, 4) is 0 Å². The topological polar surface area (TPSA) is 80.7 Å². The molecule has 0 atom stereocenters. The molecule has 1 aliphatic carbocycles. The third kappa shape index (κ3) is 1.06. The lowest BCUT2D eigenvalue weighted by Gasteiger charge is -2.22. The minimum atomic E-state index is -0.698. The standard InChI is InChI=1S/C7H10N4/c8-7(9)2-1-6-5(3-7)4-10-11-6/h1-2,4H,3,8-9H2,(H,10,11). The average Bonchev–Trinajstić information content (AvgIpc) is 2.31. The summed E-state index contributed by atoms with van der Waals surface area (Å²) in [6.07, 6.45) is 6.06. The monoisotopic (exact) mass is 150 g/mol. The largest absolute Gasteiger partial charge is 0.310 e. The van der Waals surface area contributed by atoms with Gasteiger partial charge >= 0.3 is 0 Å². The third-order valence-electron chi connectivity index (χ3n) is 1.81. The smallest absolute Gasteiger partial charge is 0.0874 e. The van der Waals surface area contributed by atoms with E-state index in [1.807, 2.05) is 6.08 Å². The van der Waals surface area contributed by atoms with Crippen molar-refractivity contribution in [2.75, 3.05) is 0 Å². The number of aromatic nitrogens is 2. The molecule has 0 saturated heterocycles. The number of nitrogens with one attached hydrogen (secondary N) is 1. The Morgan fingerprint density at radius 2 is 2.36 bits per heavy atom. The number of hydrogen-bond acceptors (Lipinski definition) is 3. The Bertz CT molecular complexity index is 297. The molecule has 0 aliphatic heterocycles. The first kappa shape index (κ1) is 6.57. The number of nitrogens with zero attached hydrogens (tertiary/aromatic N) is 1. The van der Waals surface area contributed by atoms with Crippen LogP contribution < -0.4 is 11.5 Å². The summed E-state index contributed by atoms with van der Waals surface area (Å²) in [5.74, 6) is 0. The van der Waals surface area contributed by atoms with Gasteiger partial charge in [-0.15, -0.1) is 0 Å². The zero-order valence-electron chi connectivity index (χ0n) is 6.04. The molecule has 5 N–H and O–H groups in total. The van der Waals surface area contributed by atoms with Gasteiger partial charge < -0.3 is 11.5 Å². The lowest BCUT2D eigenvalue weighted by Crippen LogP contribution is -2.50. The van der Waals surface area contributed by atoms with Gasteiger partial charge in [0.05, 0.1) is 17.6 Å². The maximum atomic E-state index is 5.70. The number of hydrogen-bond donors (Lipinski definition) is 3. The maximum absolute atomic E-state index is 5.70. The van der Waals surface area contributed by atoms with E-state index in [2.05, 4.69) is 10.2 Å². The highest BCUT2D eigenvalue weighted by atomic mass is 15.1. The zero-order chi connectivity index (χ0) is 7.90. The van der Waals surface area contributed by atoms with Gasteiger partial charge in [-0.25, -0.2) is 0 Å². The number of rotatable bonds is 0. The minimum absolute atomic E-state index is 0.648. The summed E-state index contributed by atoms with van der Waals surface area (Å²) in [5, 5.41) is 6.73. The second-order valence-corrected chi connectivity index (χ2v) is 2.93. The molecule has 4 heteroatoms. The summed E-state index contributed by atoms with van der Waals surface area (Å²) < 4.78 is 0. The Morgan fingerprint density at radius 1 is 1.55 bits per heavy atom. The predicted octanol–water partition coefficient (Wildman–Crippen LogP) is -0.407. The zero-order valence-corrected chi connectivity index (χ0v) is 6.04. The molecule has 1 heterocycles. The third-order valence-corrected chi connectivity index (χ3v) is 1.81. The van der Waals surface area contributed by atoms with Crippen molar-refractivity contribution in [1.29, 1.82) is 0 Å². The van der Waals surface area contributed by atoms with Crippen LogP contribution in [0.5, 0.6) is 0 Å². The van der Waals surface area contributed by atoms with Gasteiger partial charge in [0, 0.05) is 12.0 Å². The molecule has 1 aromatic heterocycles. The lowest BCUT2D eigenvalue weighted by molar-refractivity contribution is 0.547. The van der Waals surface area contributed by atoms with Gasteiger partial charge in [-0.3, -0.25) is 5.10 Å². The van der Waals surface area contributed by atoms with Crippen molar-refractivity contribution in [3.05, 3.63) is 23.5 Å². The molecule has 0 aromatic carbocycles. The van der Waals surface area contributed by atoms with Crippen molar-refractivity contribution in [2.24, 2.45) is 11.5 Å². The van der Waals surface area contributed by atoms with Crippen molar-refractivity contribution >= 4 is 6.08 Å². The molecule has 0 unspecified atom stereocenters. The van der Waals surface area contributed by atoms with Crippen molar-refractivity contribution in [2.45, 2.75) is 12.1 Å². The molecule has 0 radical (unpaired) electrons. The van der Waals surface area contributed by atoms with Gasteiger partial charge in [0.25, 0.3) is 0 Å². The van der Waals surface area contributed by atoms with Gasteiger partial charge in [0.15, 0.2) is 0 Å². The summed E-state index contributed by atoms with van der Waals surface area (Å²) in [7, 11) is 0. The number of aromatic amines is 1. The van der Waals surface area contributed by atoms with Gasteiger partial charge in [0.2, 0.25) is 0 Å². The summed E-state index contributed by atoms with van der Waals surface area (Å²) in [5.41, 5.74) is 12.8. The maximum Gasteiger partial charge on any atom is 0.0874 e. The van der Waals surface area contributed by atoms with Gasteiger partial charge in [0.1, 0.15) is 0 Å². The molecule has 0 amide bonds. The Hall–Kier alpha value is -1.13. The first-order valence-electron chi connectivity index (χ1n) is 3.47. The Morgan fingerprint density at radius 3 is 3.18 bits per heavy atom. The highest BCUT2D eigenvalue weighted by molar-refractivity contribution is 5.54. The summed E-state index contributed by atoms with van der Waals surface area (Å²) in [6, 6.07) is 0. The molecule has 2 rings (SSSR count). The highest BCUT2D eigenvalue weighted by Crippen LogP contribution is 2.18. The Labute approximate surface area is 64.3 Å². The molecule has 0 fully saturated rings. The first-order chi connectivity index (χ1) is 5.17. The van der Waals surface area contributed by atoms with Crippen LogP contribution in [0.15, 0.2) is 12.3 Å². The number of H-pyrrole nitrogens is 1. The molecular weight excluding hydrogens is 140 g/mol. The van der Waals surface area contributed by atoms with Gasteiger partial charge in [-0.05, 0) is 12.2 Å². The van der Waals surface area contributed by atoms with Gasteiger partial charge in [-0.2, -0.15) is 5.10 Å². The van der Waals surface area contributed by atoms with E-state index in [4.69, 9.17) is 11.5 Å². The molecular formula is C7H10N4. The van der Waals surface area contributed by atoms with Crippen LogP contribution in [0.1, 0.15) is 11.3 Å². The Balaban J connectivity index is 2.44. The number of fused-ring (bicyclic) bond motifs is 1. The SMILES string of the molecule is NC1(N)C=Cc2[nH]ncc2C1. The first-order valence-corrected chi connectivity index (χ1v) is 3.47. The fourth-order valence-corrected chi connectivity index (χ4v) is 1.23. The van der Waals surface area contributed by atoms with Crippen molar-refractivity contribution in [3.63, 3.8) is 0 Å². The molecule has 0 saturated carbocycles. The van der Waals surface area contributed by atoms with Crippen molar-refractivity contribution < 1.29 is 0 Å². The second-order valence-electron chi connectivity index (χ2n) is 2.93. The summed E-state index contributed by atoms with van der Waals surface area (Å²) in [6.45, 7) is 0. The van der Waals surface area contributed by atoms with E-state index < -0.39 is 5.66 Å². The van der Waals surface area contributed by atoms with Crippen LogP contribution in [0.2, 0.25) is 0 Å².